The Morgan fingerprint density at radius 2 is 1.63 bits per heavy atom. The van der Waals surface area contributed by atoms with Crippen molar-refractivity contribution < 1.29 is 9.53 Å². The van der Waals surface area contributed by atoms with Crippen molar-refractivity contribution in [1.29, 1.82) is 0 Å². The first-order valence-electron chi connectivity index (χ1n) is 9.92. The number of nitrogens with one attached hydrogen (secondary N) is 1. The summed E-state index contributed by atoms with van der Waals surface area (Å²) in [6.45, 7) is 15.7. The summed E-state index contributed by atoms with van der Waals surface area (Å²) in [5, 5.41) is 3.40. The van der Waals surface area contributed by atoms with E-state index in [-0.39, 0.29) is 30.1 Å². The smallest absolute Gasteiger partial charge is 0.409 e. The molecule has 2 heterocycles. The quantitative estimate of drug-likeness (QED) is 0.348. The molecule has 0 spiro atoms. The summed E-state index contributed by atoms with van der Waals surface area (Å²) < 4.78 is 5.09. The molecular formula is C18H37IN6O2. The van der Waals surface area contributed by atoms with Crippen LogP contribution in [0.4, 0.5) is 4.79 Å². The maximum atomic E-state index is 11.8. The van der Waals surface area contributed by atoms with Gasteiger partial charge in [0.2, 0.25) is 0 Å². The van der Waals surface area contributed by atoms with Gasteiger partial charge in [0.1, 0.15) is 0 Å². The van der Waals surface area contributed by atoms with Crippen LogP contribution in [-0.2, 0) is 4.74 Å². The summed E-state index contributed by atoms with van der Waals surface area (Å²) in [6.07, 6.45) is -0.210. The van der Waals surface area contributed by atoms with Gasteiger partial charge in [-0.15, -0.1) is 24.0 Å². The highest BCUT2D eigenvalue weighted by Crippen LogP contribution is 2.07. The Balaban J connectivity index is 0.00000364. The summed E-state index contributed by atoms with van der Waals surface area (Å²) >= 11 is 0. The number of aliphatic imine (C=N–C) groups is 1. The number of piperazine rings is 2. The lowest BCUT2D eigenvalue weighted by atomic mass is 10.2. The van der Waals surface area contributed by atoms with Crippen LogP contribution in [0.25, 0.3) is 0 Å². The number of hydrogen-bond donors (Lipinski definition) is 1. The Bertz CT molecular complexity index is 463. The maximum absolute atomic E-state index is 11.8. The van der Waals surface area contributed by atoms with Gasteiger partial charge in [-0.3, -0.25) is 9.89 Å². The van der Waals surface area contributed by atoms with E-state index in [1.165, 1.54) is 0 Å². The lowest BCUT2D eigenvalue weighted by molar-refractivity contribution is 0.0913. The first-order chi connectivity index (χ1) is 12.5. The third-order valence-corrected chi connectivity index (χ3v) is 5.11. The average molecular weight is 496 g/mol. The predicted molar refractivity (Wildman–Crippen MR) is 120 cm³/mol. The highest BCUT2D eigenvalue weighted by atomic mass is 127. The Kier molecular flexibility index (Phi) is 11.3. The molecule has 2 saturated heterocycles. The second kappa shape index (κ2) is 12.6. The van der Waals surface area contributed by atoms with Crippen LogP contribution in [0.2, 0.25) is 0 Å². The van der Waals surface area contributed by atoms with Crippen LogP contribution in [0.15, 0.2) is 4.99 Å². The van der Waals surface area contributed by atoms with Gasteiger partial charge in [-0.2, -0.15) is 0 Å². The standard InChI is InChI=1S/C18H36N6O2.HI/c1-5-19-17(20-15-16(3)22-9-7-21(4)8-10-22)23-11-13-24(14-12-23)18(25)26-6-2;/h16H,5-15H2,1-4H3,(H,19,20);1H. The average Bonchev–Trinajstić information content (AvgIpc) is 2.66. The Labute approximate surface area is 181 Å². The molecule has 2 aliphatic heterocycles. The van der Waals surface area contributed by atoms with E-state index in [0.29, 0.717) is 25.7 Å². The minimum atomic E-state index is -0.210. The molecule has 1 N–H and O–H groups in total. The number of carbonyl (C=O) groups excluding carboxylic acids is 1. The predicted octanol–water partition coefficient (Wildman–Crippen LogP) is 0.980. The molecular weight excluding hydrogens is 459 g/mol. The molecule has 0 saturated carbocycles. The molecule has 0 bridgehead atoms. The van der Waals surface area contributed by atoms with Gasteiger partial charge in [0.15, 0.2) is 5.96 Å². The molecule has 0 aromatic rings. The second-order valence-corrected chi connectivity index (χ2v) is 7.06. The van der Waals surface area contributed by atoms with E-state index in [9.17, 15) is 4.79 Å². The maximum Gasteiger partial charge on any atom is 0.409 e. The fraction of sp³-hybridized carbons (Fsp3) is 0.889. The van der Waals surface area contributed by atoms with Gasteiger partial charge in [-0.05, 0) is 27.8 Å². The van der Waals surface area contributed by atoms with Crippen molar-refractivity contribution in [3.05, 3.63) is 0 Å². The Morgan fingerprint density at radius 3 is 2.19 bits per heavy atom. The number of halogens is 1. The zero-order valence-corrected chi connectivity index (χ0v) is 19.6. The van der Waals surface area contributed by atoms with Crippen LogP contribution in [0.3, 0.4) is 0 Å². The van der Waals surface area contributed by atoms with Crippen LogP contribution in [0, 0.1) is 0 Å². The monoisotopic (exact) mass is 496 g/mol. The Morgan fingerprint density at radius 1 is 1.04 bits per heavy atom. The van der Waals surface area contributed by atoms with Gasteiger partial charge >= 0.3 is 6.09 Å². The highest BCUT2D eigenvalue weighted by molar-refractivity contribution is 14.0. The first-order valence-corrected chi connectivity index (χ1v) is 9.92. The summed E-state index contributed by atoms with van der Waals surface area (Å²) in [4.78, 5) is 25.6. The number of ether oxygens (including phenoxy) is 1. The number of rotatable bonds is 5. The van der Waals surface area contributed by atoms with Crippen LogP contribution in [0.1, 0.15) is 20.8 Å². The SMILES string of the molecule is CCNC(=NCC(C)N1CCN(C)CC1)N1CCN(C(=O)OCC)CC1.I. The van der Waals surface area contributed by atoms with Gasteiger partial charge < -0.3 is 24.8 Å². The molecule has 0 aliphatic carbocycles. The highest BCUT2D eigenvalue weighted by Gasteiger charge is 2.24. The third-order valence-electron chi connectivity index (χ3n) is 5.11. The molecule has 9 heteroatoms. The van der Waals surface area contributed by atoms with E-state index < -0.39 is 0 Å². The van der Waals surface area contributed by atoms with Crippen molar-refractivity contribution in [3.63, 3.8) is 0 Å². The van der Waals surface area contributed by atoms with E-state index >= 15 is 0 Å². The molecule has 1 unspecified atom stereocenters. The number of guanidine groups is 1. The number of nitrogens with zero attached hydrogens (tertiary/aromatic N) is 5. The molecule has 158 valence electrons. The number of carbonyl (C=O) groups is 1. The molecule has 1 atom stereocenters. The van der Waals surface area contributed by atoms with Gasteiger partial charge in [-0.1, -0.05) is 0 Å². The molecule has 0 radical (unpaired) electrons. The van der Waals surface area contributed by atoms with Crippen molar-refractivity contribution in [2.24, 2.45) is 4.99 Å². The van der Waals surface area contributed by atoms with Gasteiger partial charge in [0, 0.05) is 64.9 Å². The van der Waals surface area contributed by atoms with Crippen LogP contribution >= 0.6 is 24.0 Å². The molecule has 2 fully saturated rings. The lowest BCUT2D eigenvalue weighted by Crippen LogP contribution is -2.54. The van der Waals surface area contributed by atoms with Crippen molar-refractivity contribution >= 4 is 36.0 Å². The van der Waals surface area contributed by atoms with Crippen LogP contribution < -0.4 is 5.32 Å². The van der Waals surface area contributed by atoms with Gasteiger partial charge in [0.25, 0.3) is 0 Å². The normalized spacial score (nSPS) is 20.8. The zero-order valence-electron chi connectivity index (χ0n) is 17.3. The van der Waals surface area contributed by atoms with Gasteiger partial charge in [-0.25, -0.2) is 4.79 Å². The summed E-state index contributed by atoms with van der Waals surface area (Å²) in [5.41, 5.74) is 0. The topological polar surface area (TPSA) is 63.7 Å². The fourth-order valence-electron chi connectivity index (χ4n) is 3.34. The Hall–Kier alpha value is -0.810. The second-order valence-electron chi connectivity index (χ2n) is 7.06. The van der Waals surface area contributed by atoms with Crippen molar-refractivity contribution in [2.75, 3.05) is 79.1 Å². The third kappa shape index (κ3) is 7.61. The first kappa shape index (κ1) is 24.2. The molecule has 27 heavy (non-hydrogen) atoms. The van der Waals surface area contributed by atoms with E-state index in [1.54, 1.807) is 4.90 Å². The van der Waals surface area contributed by atoms with Crippen molar-refractivity contribution in [3.8, 4) is 0 Å². The molecule has 1 amide bonds. The van der Waals surface area contributed by atoms with E-state index in [2.05, 4.69) is 40.9 Å². The van der Waals surface area contributed by atoms with E-state index in [0.717, 1.165) is 58.3 Å². The van der Waals surface area contributed by atoms with Gasteiger partial charge in [0.05, 0.1) is 13.2 Å². The summed E-state index contributed by atoms with van der Waals surface area (Å²) in [7, 11) is 2.18. The number of amides is 1. The molecule has 2 aliphatic rings. The summed E-state index contributed by atoms with van der Waals surface area (Å²) in [6, 6.07) is 0.443. The zero-order chi connectivity index (χ0) is 18.9. The molecule has 0 aromatic carbocycles. The minimum Gasteiger partial charge on any atom is -0.450 e. The molecule has 8 nitrogen and oxygen atoms in total. The number of hydrogen-bond acceptors (Lipinski definition) is 5. The minimum absolute atomic E-state index is 0. The van der Waals surface area contributed by atoms with E-state index in [4.69, 9.17) is 9.73 Å². The number of likely N-dealkylation sites (N-methyl/N-ethyl adjacent to an activating group) is 1. The fourth-order valence-corrected chi connectivity index (χ4v) is 3.34. The summed E-state index contributed by atoms with van der Waals surface area (Å²) in [5.74, 6) is 0.956. The lowest BCUT2D eigenvalue weighted by Gasteiger charge is -2.37. The molecule has 0 aromatic heterocycles. The van der Waals surface area contributed by atoms with Crippen LogP contribution in [-0.4, -0.2) is 117 Å². The van der Waals surface area contributed by atoms with Crippen molar-refractivity contribution in [1.82, 2.24) is 24.9 Å². The van der Waals surface area contributed by atoms with Crippen molar-refractivity contribution in [2.45, 2.75) is 26.8 Å². The largest absolute Gasteiger partial charge is 0.450 e. The molecule has 2 rings (SSSR count). The van der Waals surface area contributed by atoms with E-state index in [1.807, 2.05) is 6.92 Å². The van der Waals surface area contributed by atoms with Crippen LogP contribution in [0.5, 0.6) is 0 Å².